The van der Waals surface area contributed by atoms with E-state index < -0.39 is 0 Å². The van der Waals surface area contributed by atoms with E-state index in [9.17, 15) is 9.59 Å². The lowest BCUT2D eigenvalue weighted by molar-refractivity contribution is -0.134. The summed E-state index contributed by atoms with van der Waals surface area (Å²) in [6.07, 6.45) is 4.92. The minimum Gasteiger partial charge on any atom is -0.351 e. The fourth-order valence-electron chi connectivity index (χ4n) is 2.96. The quantitative estimate of drug-likeness (QED) is 0.861. The van der Waals surface area contributed by atoms with Gasteiger partial charge in [0.2, 0.25) is 11.8 Å². The van der Waals surface area contributed by atoms with Crippen LogP contribution in [0.5, 0.6) is 0 Å². The largest absolute Gasteiger partial charge is 0.351 e. The summed E-state index contributed by atoms with van der Waals surface area (Å²) in [7, 11) is 0. The van der Waals surface area contributed by atoms with Gasteiger partial charge in [0.25, 0.3) is 0 Å². The van der Waals surface area contributed by atoms with E-state index in [1.165, 1.54) is 19.3 Å². The Morgan fingerprint density at radius 1 is 1.15 bits per heavy atom. The summed E-state index contributed by atoms with van der Waals surface area (Å²) in [5.41, 5.74) is -0.371. The van der Waals surface area contributed by atoms with Gasteiger partial charge in [0.05, 0.1) is 0 Å². The van der Waals surface area contributed by atoms with Crippen LogP contribution in [-0.2, 0) is 9.59 Å². The number of hydrogen-bond donors (Lipinski definition) is 1. The Bertz CT molecular complexity index is 382. The fraction of sp³-hybridized carbons (Fsp3) is 0.875. The van der Waals surface area contributed by atoms with Crippen LogP contribution in [0.3, 0.4) is 0 Å². The van der Waals surface area contributed by atoms with Gasteiger partial charge in [0.15, 0.2) is 0 Å². The van der Waals surface area contributed by atoms with Crippen LogP contribution in [0.15, 0.2) is 0 Å². The summed E-state index contributed by atoms with van der Waals surface area (Å²) >= 11 is 0. The standard InChI is InChI=1S/C16H28N2O2/c1-11(19)18-9-13(7-12-5-6-12)8-14(10-18)17-15(20)16(2,3)4/h12-14H,5-10H2,1-4H3,(H,17,20). The maximum absolute atomic E-state index is 12.1. The SMILES string of the molecule is CC(=O)N1CC(CC2CC2)CC(NC(=O)C(C)(C)C)C1. The van der Waals surface area contributed by atoms with Gasteiger partial charge < -0.3 is 10.2 Å². The highest BCUT2D eigenvalue weighted by atomic mass is 16.2. The van der Waals surface area contributed by atoms with Crippen molar-refractivity contribution in [3.63, 3.8) is 0 Å². The molecule has 1 aliphatic heterocycles. The van der Waals surface area contributed by atoms with Crippen LogP contribution in [0.2, 0.25) is 0 Å². The molecule has 0 aromatic carbocycles. The summed E-state index contributed by atoms with van der Waals surface area (Å²) in [6.45, 7) is 8.94. The lowest BCUT2D eigenvalue weighted by Crippen LogP contribution is -2.53. The molecule has 4 nitrogen and oxygen atoms in total. The van der Waals surface area contributed by atoms with Gasteiger partial charge in [-0.25, -0.2) is 0 Å². The van der Waals surface area contributed by atoms with E-state index in [0.717, 1.165) is 18.9 Å². The molecule has 2 aliphatic rings. The lowest BCUT2D eigenvalue weighted by Gasteiger charge is -2.38. The van der Waals surface area contributed by atoms with Gasteiger partial charge in [-0.1, -0.05) is 33.6 Å². The van der Waals surface area contributed by atoms with Crippen molar-refractivity contribution < 1.29 is 9.59 Å². The summed E-state index contributed by atoms with van der Waals surface area (Å²) in [5, 5.41) is 3.13. The Labute approximate surface area is 122 Å². The monoisotopic (exact) mass is 280 g/mol. The van der Waals surface area contributed by atoms with E-state index in [1.807, 2.05) is 25.7 Å². The van der Waals surface area contributed by atoms with Gasteiger partial charge >= 0.3 is 0 Å². The Kier molecular flexibility index (Phi) is 4.40. The predicted molar refractivity (Wildman–Crippen MR) is 79.1 cm³/mol. The highest BCUT2D eigenvalue weighted by Crippen LogP contribution is 2.37. The molecular weight excluding hydrogens is 252 g/mol. The normalized spacial score (nSPS) is 27.3. The summed E-state index contributed by atoms with van der Waals surface area (Å²) in [4.78, 5) is 25.7. The van der Waals surface area contributed by atoms with Crippen molar-refractivity contribution >= 4 is 11.8 Å². The maximum Gasteiger partial charge on any atom is 0.225 e. The van der Waals surface area contributed by atoms with E-state index in [2.05, 4.69) is 5.32 Å². The molecule has 2 fully saturated rings. The number of carbonyl (C=O) groups excluding carboxylic acids is 2. The molecular formula is C16H28N2O2. The van der Waals surface area contributed by atoms with Crippen molar-refractivity contribution in [1.82, 2.24) is 10.2 Å². The lowest BCUT2D eigenvalue weighted by atomic mass is 9.88. The van der Waals surface area contributed by atoms with Crippen LogP contribution in [0, 0.1) is 17.3 Å². The first-order valence-corrected chi connectivity index (χ1v) is 7.82. The van der Waals surface area contributed by atoms with Crippen LogP contribution in [0.25, 0.3) is 0 Å². The number of likely N-dealkylation sites (tertiary alicyclic amines) is 1. The average molecular weight is 280 g/mol. The van der Waals surface area contributed by atoms with Gasteiger partial charge in [0.1, 0.15) is 0 Å². The van der Waals surface area contributed by atoms with E-state index in [0.29, 0.717) is 12.5 Å². The minimum atomic E-state index is -0.371. The molecule has 4 heteroatoms. The molecule has 20 heavy (non-hydrogen) atoms. The topological polar surface area (TPSA) is 49.4 Å². The third-order valence-corrected chi connectivity index (χ3v) is 4.36. The molecule has 0 bridgehead atoms. The van der Waals surface area contributed by atoms with E-state index in [1.54, 1.807) is 6.92 Å². The number of nitrogens with one attached hydrogen (secondary N) is 1. The molecule has 0 aromatic heterocycles. The van der Waals surface area contributed by atoms with Crippen LogP contribution < -0.4 is 5.32 Å². The third kappa shape index (κ3) is 4.22. The second-order valence-electron chi connectivity index (χ2n) is 7.63. The minimum absolute atomic E-state index is 0.0815. The van der Waals surface area contributed by atoms with Crippen molar-refractivity contribution in [2.75, 3.05) is 13.1 Å². The Morgan fingerprint density at radius 2 is 1.80 bits per heavy atom. The third-order valence-electron chi connectivity index (χ3n) is 4.36. The molecule has 1 aliphatic carbocycles. The maximum atomic E-state index is 12.1. The van der Waals surface area contributed by atoms with Gasteiger partial charge in [-0.15, -0.1) is 0 Å². The second-order valence-corrected chi connectivity index (χ2v) is 7.63. The predicted octanol–water partition coefficient (Wildman–Crippen LogP) is 2.19. The number of carbonyl (C=O) groups is 2. The fourth-order valence-corrected chi connectivity index (χ4v) is 2.96. The smallest absolute Gasteiger partial charge is 0.225 e. The van der Waals surface area contributed by atoms with Crippen LogP contribution in [0.1, 0.15) is 53.4 Å². The Balaban J connectivity index is 1.95. The zero-order chi connectivity index (χ0) is 14.9. The van der Waals surface area contributed by atoms with Crippen molar-refractivity contribution in [2.45, 2.75) is 59.4 Å². The van der Waals surface area contributed by atoms with Gasteiger partial charge in [-0.2, -0.15) is 0 Å². The zero-order valence-electron chi connectivity index (χ0n) is 13.2. The molecule has 2 atom stereocenters. The number of hydrogen-bond acceptors (Lipinski definition) is 2. The van der Waals surface area contributed by atoms with Gasteiger partial charge in [-0.05, 0) is 24.7 Å². The molecule has 2 amide bonds. The second kappa shape index (κ2) is 5.74. The first-order valence-electron chi connectivity index (χ1n) is 7.82. The van der Waals surface area contributed by atoms with Crippen LogP contribution in [0.4, 0.5) is 0 Å². The first kappa shape index (κ1) is 15.3. The number of rotatable bonds is 3. The van der Waals surface area contributed by atoms with Crippen molar-refractivity contribution in [2.24, 2.45) is 17.3 Å². The van der Waals surface area contributed by atoms with Crippen LogP contribution in [-0.4, -0.2) is 35.8 Å². The van der Waals surface area contributed by atoms with E-state index in [-0.39, 0.29) is 23.3 Å². The molecule has 2 rings (SSSR count). The molecule has 0 radical (unpaired) electrons. The highest BCUT2D eigenvalue weighted by molar-refractivity contribution is 5.81. The Morgan fingerprint density at radius 3 is 2.30 bits per heavy atom. The van der Waals surface area contributed by atoms with Crippen molar-refractivity contribution in [3.8, 4) is 0 Å². The summed E-state index contributed by atoms with van der Waals surface area (Å²) in [6, 6.07) is 0.114. The molecule has 1 saturated carbocycles. The average Bonchev–Trinajstić information content (AvgIpc) is 3.11. The number of nitrogens with zero attached hydrogens (tertiary/aromatic N) is 1. The van der Waals surface area contributed by atoms with E-state index >= 15 is 0 Å². The van der Waals surface area contributed by atoms with E-state index in [4.69, 9.17) is 0 Å². The highest BCUT2D eigenvalue weighted by Gasteiger charge is 2.34. The number of piperidine rings is 1. The Hall–Kier alpha value is -1.06. The van der Waals surface area contributed by atoms with Gasteiger partial charge in [-0.3, -0.25) is 9.59 Å². The summed E-state index contributed by atoms with van der Waals surface area (Å²) < 4.78 is 0. The van der Waals surface area contributed by atoms with Gasteiger partial charge in [0, 0.05) is 31.5 Å². The van der Waals surface area contributed by atoms with Crippen LogP contribution >= 0.6 is 0 Å². The van der Waals surface area contributed by atoms with Crippen molar-refractivity contribution in [1.29, 1.82) is 0 Å². The molecule has 2 unspecified atom stereocenters. The number of amides is 2. The molecule has 114 valence electrons. The first-order chi connectivity index (χ1) is 9.25. The van der Waals surface area contributed by atoms with Crippen molar-refractivity contribution in [3.05, 3.63) is 0 Å². The zero-order valence-corrected chi connectivity index (χ0v) is 13.2. The molecule has 0 aromatic rings. The molecule has 1 heterocycles. The molecule has 1 N–H and O–H groups in total. The molecule has 1 saturated heterocycles. The summed E-state index contributed by atoms with van der Waals surface area (Å²) in [5.74, 6) is 1.62. The molecule has 0 spiro atoms.